The van der Waals surface area contributed by atoms with E-state index in [0.29, 0.717) is 26.1 Å². The molecule has 2 rings (SSSR count). The lowest BCUT2D eigenvalue weighted by atomic mass is 10.2. The molecule has 0 aromatic carbocycles. The van der Waals surface area contributed by atoms with E-state index in [-0.39, 0.29) is 24.3 Å². The predicted octanol–water partition coefficient (Wildman–Crippen LogP) is -1.38. The van der Waals surface area contributed by atoms with Crippen molar-refractivity contribution in [2.24, 2.45) is 0 Å². The zero-order chi connectivity index (χ0) is 11.8. The molecule has 2 fully saturated rings. The van der Waals surface area contributed by atoms with Gasteiger partial charge in [0.1, 0.15) is 0 Å². The van der Waals surface area contributed by atoms with Crippen molar-refractivity contribution in [3.8, 4) is 0 Å². The summed E-state index contributed by atoms with van der Waals surface area (Å²) in [5.41, 5.74) is 0. The molecule has 2 aliphatic heterocycles. The van der Waals surface area contributed by atoms with E-state index in [0.717, 1.165) is 6.42 Å². The van der Waals surface area contributed by atoms with Crippen molar-refractivity contribution >= 4 is 15.9 Å². The molecule has 0 aromatic heterocycles. The lowest BCUT2D eigenvalue weighted by Gasteiger charge is -2.36. The summed E-state index contributed by atoms with van der Waals surface area (Å²) in [5, 5.41) is 8.69. The highest BCUT2D eigenvalue weighted by atomic mass is 32.2. The van der Waals surface area contributed by atoms with Crippen LogP contribution >= 0.6 is 0 Å². The van der Waals surface area contributed by atoms with Gasteiger partial charge in [-0.05, 0) is 6.42 Å². The molecular formula is C9H16N2O4S. The van der Waals surface area contributed by atoms with Gasteiger partial charge in [-0.1, -0.05) is 0 Å². The summed E-state index contributed by atoms with van der Waals surface area (Å²) in [6.45, 7) is 0.860. The van der Waals surface area contributed by atoms with Crippen molar-refractivity contribution in [3.05, 3.63) is 0 Å². The van der Waals surface area contributed by atoms with Gasteiger partial charge in [0.05, 0.1) is 12.4 Å². The number of nitrogens with zero attached hydrogens (tertiary/aromatic N) is 2. The maximum atomic E-state index is 11.7. The highest BCUT2D eigenvalue weighted by Crippen LogP contribution is 2.24. The van der Waals surface area contributed by atoms with Crippen molar-refractivity contribution in [2.75, 3.05) is 32.0 Å². The molecule has 0 bridgehead atoms. The summed E-state index contributed by atoms with van der Waals surface area (Å²) in [4.78, 5) is 13.2. The van der Waals surface area contributed by atoms with Crippen LogP contribution in [0, 0.1) is 0 Å². The fourth-order valence-electron chi connectivity index (χ4n) is 2.33. The van der Waals surface area contributed by atoms with Crippen molar-refractivity contribution in [3.63, 3.8) is 0 Å². The van der Waals surface area contributed by atoms with E-state index in [1.54, 1.807) is 4.90 Å². The van der Waals surface area contributed by atoms with Gasteiger partial charge in [-0.15, -0.1) is 0 Å². The van der Waals surface area contributed by atoms with Crippen molar-refractivity contribution in [2.45, 2.75) is 18.9 Å². The summed E-state index contributed by atoms with van der Waals surface area (Å²) in [6.07, 6.45) is 1.27. The van der Waals surface area contributed by atoms with Crippen molar-refractivity contribution in [1.82, 2.24) is 9.21 Å². The van der Waals surface area contributed by atoms with Crippen LogP contribution in [0.5, 0.6) is 0 Å². The summed E-state index contributed by atoms with van der Waals surface area (Å²) in [6, 6.07) is 0.0368. The van der Waals surface area contributed by atoms with Crippen LogP contribution in [-0.2, 0) is 14.8 Å². The molecule has 0 aromatic rings. The van der Waals surface area contributed by atoms with E-state index in [4.69, 9.17) is 5.11 Å². The number of hydrogen-bond donors (Lipinski definition) is 1. The fourth-order valence-corrected chi connectivity index (χ4v) is 3.58. The molecule has 16 heavy (non-hydrogen) atoms. The van der Waals surface area contributed by atoms with E-state index in [1.165, 1.54) is 4.31 Å². The zero-order valence-corrected chi connectivity index (χ0v) is 9.82. The minimum atomic E-state index is -3.34. The Morgan fingerprint density at radius 1 is 1.38 bits per heavy atom. The molecule has 2 heterocycles. The molecule has 1 unspecified atom stereocenters. The first-order chi connectivity index (χ1) is 7.54. The van der Waals surface area contributed by atoms with E-state index in [1.807, 2.05) is 0 Å². The van der Waals surface area contributed by atoms with Gasteiger partial charge < -0.3 is 10.0 Å². The van der Waals surface area contributed by atoms with Crippen LogP contribution in [0.4, 0.5) is 0 Å². The molecule has 1 amide bonds. The van der Waals surface area contributed by atoms with Gasteiger partial charge in [0.2, 0.25) is 15.9 Å². The van der Waals surface area contributed by atoms with Crippen molar-refractivity contribution < 1.29 is 18.3 Å². The topological polar surface area (TPSA) is 77.9 Å². The monoisotopic (exact) mass is 248 g/mol. The lowest BCUT2D eigenvalue weighted by molar-refractivity contribution is -0.130. The second-order valence-electron chi connectivity index (χ2n) is 4.18. The number of aliphatic hydroxyl groups is 1. The normalized spacial score (nSPS) is 27.2. The van der Waals surface area contributed by atoms with Crippen LogP contribution in [0.2, 0.25) is 0 Å². The molecule has 92 valence electrons. The fraction of sp³-hybridized carbons (Fsp3) is 0.889. The number of piperazine rings is 1. The van der Waals surface area contributed by atoms with Crippen LogP contribution in [-0.4, -0.2) is 66.7 Å². The average Bonchev–Trinajstić information content (AvgIpc) is 2.60. The van der Waals surface area contributed by atoms with Crippen LogP contribution in [0.1, 0.15) is 12.8 Å². The van der Waals surface area contributed by atoms with Crippen LogP contribution in [0.25, 0.3) is 0 Å². The Hall–Kier alpha value is -0.660. The Morgan fingerprint density at radius 3 is 2.81 bits per heavy atom. The molecule has 1 atom stereocenters. The van der Waals surface area contributed by atoms with Gasteiger partial charge in [0.25, 0.3) is 0 Å². The maximum Gasteiger partial charge on any atom is 0.222 e. The minimum absolute atomic E-state index is 0.0368. The molecule has 0 radical (unpaired) electrons. The first kappa shape index (κ1) is 11.8. The molecular weight excluding hydrogens is 232 g/mol. The van der Waals surface area contributed by atoms with Gasteiger partial charge in [-0.3, -0.25) is 4.79 Å². The van der Waals surface area contributed by atoms with Crippen LogP contribution < -0.4 is 0 Å². The van der Waals surface area contributed by atoms with E-state index >= 15 is 0 Å². The van der Waals surface area contributed by atoms with E-state index in [9.17, 15) is 13.2 Å². The minimum Gasteiger partial charge on any atom is -0.395 e. The number of amides is 1. The lowest BCUT2D eigenvalue weighted by Crippen LogP contribution is -2.53. The van der Waals surface area contributed by atoms with Crippen molar-refractivity contribution in [1.29, 1.82) is 0 Å². The second kappa shape index (κ2) is 4.31. The Labute approximate surface area is 94.9 Å². The highest BCUT2D eigenvalue weighted by molar-refractivity contribution is 7.89. The number of fused-ring (bicyclic) bond motifs is 1. The number of sulfonamides is 1. The SMILES string of the molecule is O=C1CCC2CN(S(=O)(=O)CCO)CCN12. The third-order valence-electron chi connectivity index (χ3n) is 3.20. The molecule has 6 nitrogen and oxygen atoms in total. The van der Waals surface area contributed by atoms with Gasteiger partial charge in [-0.25, -0.2) is 8.42 Å². The third kappa shape index (κ3) is 2.07. The molecule has 7 heteroatoms. The zero-order valence-electron chi connectivity index (χ0n) is 9.00. The smallest absolute Gasteiger partial charge is 0.222 e. The molecule has 2 saturated heterocycles. The molecule has 2 aliphatic rings. The number of carbonyl (C=O) groups excluding carboxylic acids is 1. The highest BCUT2D eigenvalue weighted by Gasteiger charge is 2.38. The number of rotatable bonds is 3. The summed E-state index contributed by atoms with van der Waals surface area (Å²) < 4.78 is 24.8. The Morgan fingerprint density at radius 2 is 2.12 bits per heavy atom. The van der Waals surface area contributed by atoms with Gasteiger partial charge >= 0.3 is 0 Å². The maximum absolute atomic E-state index is 11.7. The molecule has 0 saturated carbocycles. The van der Waals surface area contributed by atoms with Gasteiger partial charge in [0, 0.05) is 32.1 Å². The predicted molar refractivity (Wildman–Crippen MR) is 57.2 cm³/mol. The van der Waals surface area contributed by atoms with Crippen LogP contribution in [0.15, 0.2) is 0 Å². The Balaban J connectivity index is 2.04. The Kier molecular flexibility index (Phi) is 3.18. The molecule has 1 N–H and O–H groups in total. The second-order valence-corrected chi connectivity index (χ2v) is 6.27. The van der Waals surface area contributed by atoms with Crippen LogP contribution in [0.3, 0.4) is 0 Å². The van der Waals surface area contributed by atoms with Gasteiger partial charge in [0.15, 0.2) is 0 Å². The first-order valence-electron chi connectivity index (χ1n) is 5.43. The summed E-state index contributed by atoms with van der Waals surface area (Å²) in [7, 11) is -3.34. The number of hydrogen-bond acceptors (Lipinski definition) is 4. The number of carbonyl (C=O) groups is 1. The largest absolute Gasteiger partial charge is 0.395 e. The Bertz CT molecular complexity index is 381. The molecule has 0 spiro atoms. The quantitative estimate of drug-likeness (QED) is 0.667. The average molecular weight is 248 g/mol. The molecule has 0 aliphatic carbocycles. The first-order valence-corrected chi connectivity index (χ1v) is 7.03. The van der Waals surface area contributed by atoms with E-state index in [2.05, 4.69) is 0 Å². The third-order valence-corrected chi connectivity index (χ3v) is 5.02. The van der Waals surface area contributed by atoms with Gasteiger partial charge in [-0.2, -0.15) is 4.31 Å². The summed E-state index contributed by atoms with van der Waals surface area (Å²) in [5.74, 6) is -0.0996. The summed E-state index contributed by atoms with van der Waals surface area (Å²) >= 11 is 0. The standard InChI is InChI=1S/C9H16N2O4S/c12-5-6-16(14,15)10-3-4-11-8(7-10)1-2-9(11)13/h8,12H,1-7H2. The number of aliphatic hydroxyl groups excluding tert-OH is 1. The van der Waals surface area contributed by atoms with E-state index < -0.39 is 10.0 Å².